The fraction of sp³-hybridized carbons (Fsp3) is 0.0909. The molecule has 218 valence electrons. The van der Waals surface area contributed by atoms with Gasteiger partial charge < -0.3 is 0 Å². The van der Waals surface area contributed by atoms with Gasteiger partial charge in [0.05, 0.1) is 16.7 Å². The number of alkyl halides is 9. The summed E-state index contributed by atoms with van der Waals surface area (Å²) in [5.74, 6) is 0. The molecule has 4 aromatic carbocycles. The topological polar surface area (TPSA) is 47.6 Å². The van der Waals surface area contributed by atoms with Gasteiger partial charge in [-0.1, -0.05) is 48.5 Å². The number of rotatable bonds is 2. The lowest BCUT2D eigenvalue weighted by molar-refractivity contribution is -0.138. The van der Waals surface area contributed by atoms with Gasteiger partial charge in [-0.25, -0.2) is 0 Å². The van der Waals surface area contributed by atoms with Crippen molar-refractivity contribution < 1.29 is 39.5 Å². The maximum atomic E-state index is 14.0. The average Bonchev–Trinajstić information content (AvgIpc) is 3.47. The maximum absolute atomic E-state index is 14.0. The van der Waals surface area contributed by atoms with Crippen molar-refractivity contribution in [3.8, 4) is 45.5 Å². The lowest BCUT2D eigenvalue weighted by Gasteiger charge is -2.12. The van der Waals surface area contributed by atoms with Gasteiger partial charge in [0.1, 0.15) is 17.7 Å². The fourth-order valence-corrected chi connectivity index (χ4v) is 5.85. The van der Waals surface area contributed by atoms with E-state index in [0.717, 1.165) is 54.6 Å². The number of nitrogens with zero attached hydrogens (tertiary/aromatic N) is 2. The van der Waals surface area contributed by atoms with Crippen LogP contribution in [0.1, 0.15) is 16.7 Å². The zero-order valence-electron chi connectivity index (χ0n) is 21.8. The Hall–Kier alpha value is -5.29. The molecule has 0 atom stereocenters. The Morgan fingerprint density at radius 3 is 1.32 bits per heavy atom. The van der Waals surface area contributed by atoms with Crippen molar-refractivity contribution in [2.24, 2.45) is 0 Å². The molecule has 2 aliphatic carbocycles. The van der Waals surface area contributed by atoms with Crippen molar-refractivity contribution in [3.05, 3.63) is 101 Å². The summed E-state index contributed by atoms with van der Waals surface area (Å²) in [4.78, 5) is 0. The monoisotopic (exact) mass is 608 g/mol. The first-order valence-electron chi connectivity index (χ1n) is 12.7. The van der Waals surface area contributed by atoms with Gasteiger partial charge in [-0.05, 0) is 74.1 Å². The fourth-order valence-electron chi connectivity index (χ4n) is 5.85. The molecule has 0 amide bonds. The van der Waals surface area contributed by atoms with Gasteiger partial charge in [-0.2, -0.15) is 50.0 Å². The van der Waals surface area contributed by atoms with Crippen LogP contribution < -0.4 is 5.22 Å². The van der Waals surface area contributed by atoms with Gasteiger partial charge in [0.15, 0.2) is 0 Å². The Kier molecular flexibility index (Phi) is 6.29. The molecule has 0 radical (unpaired) electrons. The summed E-state index contributed by atoms with van der Waals surface area (Å²) in [5, 5.41) is 20.4. The van der Waals surface area contributed by atoms with E-state index in [1.165, 1.54) is 24.3 Å². The summed E-state index contributed by atoms with van der Waals surface area (Å²) in [6, 6.07) is 17.4. The van der Waals surface area contributed by atoms with Crippen LogP contribution in [0.4, 0.5) is 39.5 Å². The predicted octanol–water partition coefficient (Wildman–Crippen LogP) is 9.84. The zero-order chi connectivity index (χ0) is 31.8. The molecule has 0 aliphatic heterocycles. The van der Waals surface area contributed by atoms with Crippen LogP contribution in [0.15, 0.2) is 78.9 Å². The highest BCUT2D eigenvalue weighted by Crippen LogP contribution is 2.53. The van der Waals surface area contributed by atoms with E-state index in [4.69, 9.17) is 0 Å². The minimum Gasteiger partial charge on any atom is -0.192 e. The van der Waals surface area contributed by atoms with Gasteiger partial charge in [0.2, 0.25) is 0 Å². The van der Waals surface area contributed by atoms with Gasteiger partial charge in [-0.15, -0.1) is 0 Å². The Bertz CT molecular complexity index is 2060. The predicted molar refractivity (Wildman–Crippen MR) is 145 cm³/mol. The lowest BCUT2D eigenvalue weighted by Crippen LogP contribution is -2.10. The maximum Gasteiger partial charge on any atom is 0.417 e. The van der Waals surface area contributed by atoms with Crippen molar-refractivity contribution in [1.29, 1.82) is 10.5 Å². The van der Waals surface area contributed by atoms with Crippen LogP contribution in [-0.2, 0) is 18.5 Å². The highest BCUT2D eigenvalue weighted by atomic mass is 19.4. The summed E-state index contributed by atoms with van der Waals surface area (Å²) >= 11 is 0. The number of halogens is 9. The average molecular weight is 608 g/mol. The third kappa shape index (κ3) is 4.35. The smallest absolute Gasteiger partial charge is 0.192 e. The summed E-state index contributed by atoms with van der Waals surface area (Å²) in [5.41, 5.74) is -2.47. The van der Waals surface area contributed by atoms with Crippen molar-refractivity contribution in [2.45, 2.75) is 18.5 Å². The number of hydrogen-bond acceptors (Lipinski definition) is 2. The van der Waals surface area contributed by atoms with Crippen LogP contribution in [0.5, 0.6) is 0 Å². The van der Waals surface area contributed by atoms with E-state index in [1.807, 2.05) is 0 Å². The molecule has 2 nitrogen and oxygen atoms in total. The second kappa shape index (κ2) is 9.61. The third-order valence-corrected chi connectivity index (χ3v) is 7.61. The van der Waals surface area contributed by atoms with Crippen LogP contribution in [-0.4, -0.2) is 0 Å². The van der Waals surface area contributed by atoms with Crippen molar-refractivity contribution in [1.82, 2.24) is 0 Å². The van der Waals surface area contributed by atoms with E-state index in [2.05, 4.69) is 0 Å². The van der Waals surface area contributed by atoms with Crippen molar-refractivity contribution >= 4 is 27.1 Å². The van der Waals surface area contributed by atoms with E-state index >= 15 is 0 Å². The standard InChI is InChI=1S/C33H13F9N2/c34-31(35,36)19-8-4-16(5-9-19)25-27(18(14-43)15-44)26(17-6-10-20(11-7-17)32(37,38)39)30-23-12-13-24(33(40,41)42)21-2-1-3-22(28(21)23)29(25)30/h1-13H. The van der Waals surface area contributed by atoms with E-state index in [1.54, 1.807) is 12.1 Å². The number of benzene rings is 4. The molecule has 0 bridgehead atoms. The highest BCUT2D eigenvalue weighted by molar-refractivity contribution is 6.30. The molecule has 0 spiro atoms. The molecule has 0 fully saturated rings. The molecule has 0 saturated carbocycles. The molecule has 0 aromatic heterocycles. The van der Waals surface area contributed by atoms with Gasteiger partial charge in [0.25, 0.3) is 0 Å². The van der Waals surface area contributed by atoms with Crippen LogP contribution in [0.2, 0.25) is 0 Å². The Balaban J connectivity index is 1.85. The van der Waals surface area contributed by atoms with Crippen LogP contribution in [0.25, 0.3) is 60.5 Å². The summed E-state index contributed by atoms with van der Waals surface area (Å²) in [6.07, 6.45) is -14.1. The molecule has 6 rings (SSSR count). The normalized spacial score (nSPS) is 12.6. The summed E-state index contributed by atoms with van der Waals surface area (Å²) in [7, 11) is 0. The minimum atomic E-state index is -4.73. The van der Waals surface area contributed by atoms with Crippen LogP contribution in [0, 0.1) is 22.7 Å². The van der Waals surface area contributed by atoms with Crippen molar-refractivity contribution in [3.63, 3.8) is 0 Å². The largest absolute Gasteiger partial charge is 0.417 e. The molecular formula is C33H13F9N2. The quantitative estimate of drug-likeness (QED) is 0.184. The van der Waals surface area contributed by atoms with Gasteiger partial charge >= 0.3 is 18.5 Å². The molecule has 0 heterocycles. The van der Waals surface area contributed by atoms with E-state index in [0.29, 0.717) is 0 Å². The Morgan fingerprint density at radius 1 is 0.477 bits per heavy atom. The first kappa shape index (κ1) is 28.8. The highest BCUT2D eigenvalue weighted by Gasteiger charge is 2.37. The Labute approximate surface area is 242 Å². The third-order valence-electron chi connectivity index (χ3n) is 7.61. The molecular weight excluding hydrogens is 595 g/mol. The lowest BCUT2D eigenvalue weighted by atomic mass is 9.95. The zero-order valence-corrected chi connectivity index (χ0v) is 21.8. The van der Waals surface area contributed by atoms with E-state index in [9.17, 15) is 50.0 Å². The first-order chi connectivity index (χ1) is 20.7. The van der Waals surface area contributed by atoms with Crippen LogP contribution >= 0.6 is 0 Å². The molecule has 2 aliphatic rings. The molecule has 11 heteroatoms. The van der Waals surface area contributed by atoms with Crippen LogP contribution in [0.3, 0.4) is 0 Å². The second-order valence-corrected chi connectivity index (χ2v) is 10.0. The molecule has 0 saturated heterocycles. The molecule has 4 aromatic rings. The second-order valence-electron chi connectivity index (χ2n) is 10.0. The SMILES string of the molecule is N#CC(C#N)=c1c(-c2ccc(C(F)(F)F)cc2)c2c3cccc4c(C(F)(F)F)ccc(c-2c1-c1ccc(C(F)(F)F)cc1)c43. The summed E-state index contributed by atoms with van der Waals surface area (Å²) in [6.45, 7) is 0. The number of nitriles is 2. The molecule has 0 unspecified atom stereocenters. The Morgan fingerprint density at radius 2 is 0.909 bits per heavy atom. The summed E-state index contributed by atoms with van der Waals surface area (Å²) < 4.78 is 122. The first-order valence-corrected chi connectivity index (χ1v) is 12.7. The molecule has 44 heavy (non-hydrogen) atoms. The minimum absolute atomic E-state index is 0.0536. The van der Waals surface area contributed by atoms with Gasteiger partial charge in [-0.3, -0.25) is 0 Å². The number of hydrogen-bond donors (Lipinski definition) is 0. The number of fused-ring (bicyclic) bond motifs is 3. The van der Waals surface area contributed by atoms with E-state index < -0.39 is 40.8 Å². The van der Waals surface area contributed by atoms with E-state index in [-0.39, 0.29) is 60.1 Å². The van der Waals surface area contributed by atoms with Crippen molar-refractivity contribution in [2.75, 3.05) is 0 Å². The molecule has 0 N–H and O–H groups in total. The van der Waals surface area contributed by atoms with Gasteiger partial charge in [0, 0.05) is 16.3 Å².